The van der Waals surface area contributed by atoms with Crippen LogP contribution >= 0.6 is 33.5 Å². The number of sulfone groups is 1. The minimum absolute atomic E-state index is 0.329. The molecular formula is C29H40ClF3NO3PS2. The van der Waals surface area contributed by atoms with Crippen LogP contribution in [0.25, 0.3) is 0 Å². The third-order valence-corrected chi connectivity index (χ3v) is 7.82. The van der Waals surface area contributed by atoms with Gasteiger partial charge in [0.1, 0.15) is 5.75 Å². The molecule has 4 rings (SSSR count). The molecule has 1 atom stereocenters. The number of benzene rings is 3. The van der Waals surface area contributed by atoms with Crippen molar-refractivity contribution in [3.63, 3.8) is 0 Å². The van der Waals surface area contributed by atoms with Gasteiger partial charge in [0.25, 0.3) is 0 Å². The number of phenolic OH excluding ortho intramolecular Hbond substituents is 1. The van der Waals surface area contributed by atoms with Gasteiger partial charge in [0, 0.05) is 16.2 Å². The van der Waals surface area contributed by atoms with Crippen LogP contribution in [0.3, 0.4) is 0 Å². The lowest BCUT2D eigenvalue weighted by molar-refractivity contribution is -0.138. The highest BCUT2D eigenvalue weighted by atomic mass is 35.5. The van der Waals surface area contributed by atoms with Crippen LogP contribution in [0.2, 0.25) is 5.02 Å². The molecule has 1 heterocycles. The summed E-state index contributed by atoms with van der Waals surface area (Å²) in [6.07, 6.45) is -0.467. The summed E-state index contributed by atoms with van der Waals surface area (Å²) >= 11 is 9.83. The molecule has 3 aromatic rings. The Balaban J connectivity index is 0.000000507. The van der Waals surface area contributed by atoms with Crippen molar-refractivity contribution in [2.45, 2.75) is 56.5 Å². The zero-order valence-corrected chi connectivity index (χ0v) is 27.4. The van der Waals surface area contributed by atoms with Crippen LogP contribution in [-0.2, 0) is 16.0 Å². The van der Waals surface area contributed by atoms with E-state index in [0.717, 1.165) is 27.6 Å². The van der Waals surface area contributed by atoms with E-state index in [1.807, 2.05) is 39.0 Å². The molecule has 0 aromatic heterocycles. The number of nitrogens with zero attached hydrogens (tertiary/aromatic N) is 1. The summed E-state index contributed by atoms with van der Waals surface area (Å²) < 4.78 is 57.9. The molecule has 224 valence electrons. The molecule has 1 fully saturated rings. The Morgan fingerprint density at radius 3 is 1.85 bits per heavy atom. The second-order valence-electron chi connectivity index (χ2n) is 8.75. The Bertz CT molecular complexity index is 1250. The number of phenols is 1. The van der Waals surface area contributed by atoms with E-state index in [1.54, 1.807) is 19.1 Å². The molecule has 0 radical (unpaired) electrons. The van der Waals surface area contributed by atoms with Gasteiger partial charge < -0.3 is 10.0 Å². The van der Waals surface area contributed by atoms with Crippen LogP contribution in [0.4, 0.5) is 13.2 Å². The minimum Gasteiger partial charge on any atom is -0.507 e. The first-order valence-corrected chi connectivity index (χ1v) is 15.9. The summed E-state index contributed by atoms with van der Waals surface area (Å²) in [5.74, 6) is -0.720. The van der Waals surface area contributed by atoms with Crippen LogP contribution < -0.4 is 5.30 Å². The number of hydrogen-bond donors (Lipinski definition) is 2. The van der Waals surface area contributed by atoms with Gasteiger partial charge in [-0.05, 0) is 106 Å². The van der Waals surface area contributed by atoms with Crippen molar-refractivity contribution >= 4 is 48.6 Å². The monoisotopic (exact) mass is 637 g/mol. The Kier molecular flexibility index (Phi) is 17.8. The zero-order chi connectivity index (χ0) is 31.1. The highest BCUT2D eigenvalue weighted by Crippen LogP contribution is 2.35. The van der Waals surface area contributed by atoms with Gasteiger partial charge in [-0.2, -0.15) is 13.2 Å². The van der Waals surface area contributed by atoms with Crippen LogP contribution in [0.1, 0.15) is 43.4 Å². The standard InChI is InChI=1S/C8H7F3O.C7H8ClP.C7H8O2S2.C5H11N.C2H6/c1-5-2-3-6(7(12)4-5)8(9,10)11;1-5-6(8)3-2-4-7(5)9;1-11(8,9)7-4-2-6(10)3-5-7;1-6-4-2-3-5-6;1-2/h2-4,12H,1H3;2-4H,9H2,1H3;2-5,10H,1H3;2-5H2,1H3;1-2H3. The van der Waals surface area contributed by atoms with Crippen molar-refractivity contribution in [1.29, 1.82) is 0 Å². The maximum atomic E-state index is 12.0. The van der Waals surface area contributed by atoms with E-state index in [4.69, 9.17) is 16.7 Å². The number of hydrogen-bond acceptors (Lipinski definition) is 5. The zero-order valence-electron chi connectivity index (χ0n) is 23.8. The third-order valence-electron chi connectivity index (χ3n) is 5.36. The quantitative estimate of drug-likeness (QED) is 0.210. The average Bonchev–Trinajstić information content (AvgIpc) is 3.35. The number of halogens is 4. The fraction of sp³-hybridized carbons (Fsp3) is 0.379. The summed E-state index contributed by atoms with van der Waals surface area (Å²) in [5.41, 5.74) is 0.748. The van der Waals surface area contributed by atoms with Crippen molar-refractivity contribution in [2.24, 2.45) is 0 Å². The molecule has 1 aliphatic rings. The molecule has 0 aliphatic carbocycles. The van der Waals surface area contributed by atoms with Gasteiger partial charge in [0.2, 0.25) is 0 Å². The largest absolute Gasteiger partial charge is 0.507 e. The highest BCUT2D eigenvalue weighted by Gasteiger charge is 2.33. The second-order valence-corrected chi connectivity index (χ2v) is 12.3. The molecule has 1 N–H and O–H groups in total. The maximum Gasteiger partial charge on any atom is 0.419 e. The van der Waals surface area contributed by atoms with Gasteiger partial charge >= 0.3 is 6.18 Å². The van der Waals surface area contributed by atoms with E-state index >= 15 is 0 Å². The van der Waals surface area contributed by atoms with Crippen molar-refractivity contribution < 1.29 is 26.7 Å². The minimum atomic E-state index is -4.47. The average molecular weight is 638 g/mol. The first-order chi connectivity index (χ1) is 18.5. The van der Waals surface area contributed by atoms with Gasteiger partial charge in [0.15, 0.2) is 9.84 Å². The van der Waals surface area contributed by atoms with Gasteiger partial charge in [-0.15, -0.1) is 21.9 Å². The van der Waals surface area contributed by atoms with Gasteiger partial charge in [-0.25, -0.2) is 8.42 Å². The van der Waals surface area contributed by atoms with E-state index in [1.165, 1.54) is 55.7 Å². The first-order valence-electron chi connectivity index (χ1n) is 12.6. The van der Waals surface area contributed by atoms with E-state index in [2.05, 4.69) is 33.8 Å². The van der Waals surface area contributed by atoms with Crippen molar-refractivity contribution in [3.05, 3.63) is 82.4 Å². The molecule has 4 nitrogen and oxygen atoms in total. The number of aromatic hydroxyl groups is 1. The Morgan fingerprint density at radius 2 is 1.50 bits per heavy atom. The molecule has 1 aliphatic heterocycles. The summed E-state index contributed by atoms with van der Waals surface area (Å²) in [7, 11) is 1.76. The fourth-order valence-corrected chi connectivity index (χ4v) is 4.39. The summed E-state index contributed by atoms with van der Waals surface area (Å²) in [6.45, 7) is 10.3. The molecule has 3 aromatic carbocycles. The van der Waals surface area contributed by atoms with Crippen molar-refractivity contribution in [2.75, 3.05) is 26.4 Å². The van der Waals surface area contributed by atoms with E-state index in [0.29, 0.717) is 10.5 Å². The smallest absolute Gasteiger partial charge is 0.419 e. The number of aryl methyl sites for hydroxylation is 1. The van der Waals surface area contributed by atoms with E-state index in [9.17, 15) is 21.6 Å². The van der Waals surface area contributed by atoms with Gasteiger partial charge in [-0.1, -0.05) is 43.6 Å². The van der Waals surface area contributed by atoms with Gasteiger partial charge in [-0.3, -0.25) is 0 Å². The van der Waals surface area contributed by atoms with Crippen molar-refractivity contribution in [3.8, 4) is 5.75 Å². The lowest BCUT2D eigenvalue weighted by Crippen LogP contribution is -2.10. The summed E-state index contributed by atoms with van der Waals surface area (Å²) in [6, 6.07) is 15.5. The van der Waals surface area contributed by atoms with Crippen LogP contribution in [0.5, 0.6) is 5.75 Å². The second kappa shape index (κ2) is 18.6. The van der Waals surface area contributed by atoms with Crippen LogP contribution in [0, 0.1) is 13.8 Å². The number of alkyl halides is 3. The Labute approximate surface area is 250 Å². The molecule has 0 bridgehead atoms. The summed E-state index contributed by atoms with van der Waals surface area (Å²) in [5, 5.41) is 10.9. The Hall–Kier alpha value is -1.77. The first kappa shape index (κ1) is 38.2. The molecule has 1 unspecified atom stereocenters. The van der Waals surface area contributed by atoms with E-state index in [-0.39, 0.29) is 0 Å². The number of likely N-dealkylation sites (tertiary alicyclic amines) is 1. The molecule has 40 heavy (non-hydrogen) atoms. The predicted molar refractivity (Wildman–Crippen MR) is 168 cm³/mol. The van der Waals surface area contributed by atoms with Crippen molar-refractivity contribution in [1.82, 2.24) is 4.90 Å². The summed E-state index contributed by atoms with van der Waals surface area (Å²) in [4.78, 5) is 3.45. The lowest BCUT2D eigenvalue weighted by atomic mass is 10.1. The molecule has 1 saturated heterocycles. The number of thiol groups is 1. The molecule has 0 amide bonds. The normalized spacial score (nSPS) is 12.8. The fourth-order valence-electron chi connectivity index (χ4n) is 3.07. The van der Waals surface area contributed by atoms with Crippen LogP contribution in [0.15, 0.2) is 70.5 Å². The predicted octanol–water partition coefficient (Wildman–Crippen LogP) is 7.99. The number of rotatable bonds is 1. The van der Waals surface area contributed by atoms with E-state index < -0.39 is 27.3 Å². The topological polar surface area (TPSA) is 57.6 Å². The lowest BCUT2D eigenvalue weighted by Gasteiger charge is -2.08. The highest BCUT2D eigenvalue weighted by molar-refractivity contribution is 7.90. The SMILES string of the molecule is CC.CN1CCCC1.CS(=O)(=O)c1ccc(S)cc1.Cc1c(P)cccc1Cl.Cc1ccc(C(F)(F)F)c(O)c1. The van der Waals surface area contributed by atoms with Crippen LogP contribution in [-0.4, -0.2) is 44.8 Å². The Morgan fingerprint density at radius 1 is 0.975 bits per heavy atom. The molecule has 0 spiro atoms. The molecule has 0 saturated carbocycles. The third kappa shape index (κ3) is 15.3. The van der Waals surface area contributed by atoms with Gasteiger partial charge in [0.05, 0.1) is 10.5 Å². The molecular weight excluding hydrogens is 598 g/mol. The molecule has 11 heteroatoms. The maximum absolute atomic E-state index is 12.0.